The molecular weight excluding hydrogens is 654 g/mol. The number of rotatable bonds is 16. The summed E-state index contributed by atoms with van der Waals surface area (Å²) in [6.07, 6.45) is 4.55. The number of aliphatic hydroxyl groups excluding tert-OH is 1. The van der Waals surface area contributed by atoms with E-state index in [9.17, 15) is 19.5 Å². The number of esters is 1. The molecule has 1 unspecified atom stereocenters. The summed E-state index contributed by atoms with van der Waals surface area (Å²) in [6.45, 7) is 23.6. The lowest BCUT2D eigenvalue weighted by Gasteiger charge is -2.47. The number of aliphatic hydroxyl groups is 1. The molecule has 3 fully saturated rings. The molecule has 3 aliphatic rings. The molecule has 0 aromatic carbocycles. The van der Waals surface area contributed by atoms with Crippen LogP contribution in [0, 0.1) is 23.2 Å². The number of likely N-dealkylation sites (tertiary alicyclic amines) is 1. The minimum absolute atomic E-state index is 0.0977. The lowest BCUT2D eigenvalue weighted by Crippen LogP contribution is -2.63. The summed E-state index contributed by atoms with van der Waals surface area (Å²) in [5.41, 5.74) is -2.00. The number of hydrogen-bond acceptors (Lipinski definition) is 7. The fraction of sp³-hybridized carbons (Fsp3) is 0.771. The van der Waals surface area contributed by atoms with Gasteiger partial charge in [-0.15, -0.1) is 13.2 Å². The normalized spacial score (nSPS) is 29.1. The van der Waals surface area contributed by atoms with Crippen molar-refractivity contribution >= 4 is 39.6 Å². The molecule has 1 spiro atoms. The molecule has 3 amide bonds. The zero-order chi connectivity index (χ0) is 34.8. The number of alkyl halides is 1. The molecular formula is C35H56BrN3O7. The average Bonchev–Trinajstić information content (AvgIpc) is 3.55. The molecule has 11 heteroatoms. The van der Waals surface area contributed by atoms with Crippen molar-refractivity contribution < 1.29 is 33.8 Å². The van der Waals surface area contributed by atoms with E-state index < -0.39 is 53.2 Å². The summed E-state index contributed by atoms with van der Waals surface area (Å²) in [7, 11) is 0. The van der Waals surface area contributed by atoms with Gasteiger partial charge in [0.2, 0.25) is 17.7 Å². The first-order valence-corrected chi connectivity index (χ1v) is 17.6. The Morgan fingerprint density at radius 2 is 1.87 bits per heavy atom. The number of carbonyl (C=O) groups is 4. The Labute approximate surface area is 283 Å². The molecule has 3 saturated heterocycles. The third-order valence-corrected chi connectivity index (χ3v) is 10.7. The van der Waals surface area contributed by atoms with Crippen molar-refractivity contribution in [3.05, 3.63) is 25.3 Å². The lowest BCUT2D eigenvalue weighted by molar-refractivity contribution is -0.161. The van der Waals surface area contributed by atoms with Crippen LogP contribution in [0.4, 0.5) is 0 Å². The van der Waals surface area contributed by atoms with Crippen LogP contribution in [0.25, 0.3) is 0 Å². The maximum Gasteiger partial charge on any atom is 0.312 e. The van der Waals surface area contributed by atoms with Crippen LogP contribution in [0.15, 0.2) is 25.3 Å². The molecule has 0 radical (unpaired) electrons. The summed E-state index contributed by atoms with van der Waals surface area (Å²) in [4.78, 5) is 58.7. The second-order valence-corrected chi connectivity index (χ2v) is 16.4. The SMILES string of the molecule is C=CCCC(=O)NC[C@@H](C)OC(=O)[C@@H]1[C@H]2O[C@@]3(CC2Br)[C@H](C(=O)N(CC=C)C(C)(C)CC(C)(C)C)N([C@@H](CO)[C@@H](C)CC)C(=O)[C@@H]13. The predicted octanol–water partition coefficient (Wildman–Crippen LogP) is 4.38. The first-order chi connectivity index (χ1) is 21.4. The first-order valence-electron chi connectivity index (χ1n) is 16.7. The largest absolute Gasteiger partial charge is 0.460 e. The molecule has 0 saturated carbocycles. The van der Waals surface area contributed by atoms with E-state index in [0.717, 1.165) is 0 Å². The second-order valence-electron chi connectivity index (χ2n) is 15.2. The number of nitrogens with zero attached hydrogens (tertiary/aromatic N) is 2. The molecule has 260 valence electrons. The van der Waals surface area contributed by atoms with Crippen molar-refractivity contribution in [2.24, 2.45) is 23.2 Å². The van der Waals surface area contributed by atoms with E-state index >= 15 is 4.79 Å². The van der Waals surface area contributed by atoms with Gasteiger partial charge >= 0.3 is 5.97 Å². The highest BCUT2D eigenvalue weighted by atomic mass is 79.9. The minimum Gasteiger partial charge on any atom is -0.460 e. The van der Waals surface area contributed by atoms with Gasteiger partial charge in [-0.2, -0.15) is 0 Å². The Balaban J connectivity index is 2.05. The fourth-order valence-electron chi connectivity index (χ4n) is 7.99. The van der Waals surface area contributed by atoms with Crippen molar-refractivity contribution in [1.29, 1.82) is 0 Å². The summed E-state index contributed by atoms with van der Waals surface area (Å²) < 4.78 is 12.5. The molecule has 2 bridgehead atoms. The molecule has 46 heavy (non-hydrogen) atoms. The van der Waals surface area contributed by atoms with Gasteiger partial charge in [0.25, 0.3) is 0 Å². The Morgan fingerprint density at radius 1 is 1.22 bits per heavy atom. The van der Waals surface area contributed by atoms with Gasteiger partial charge in [-0.3, -0.25) is 19.2 Å². The molecule has 3 aliphatic heterocycles. The highest BCUT2D eigenvalue weighted by Gasteiger charge is 2.78. The Bertz CT molecular complexity index is 1170. The van der Waals surface area contributed by atoms with Crippen LogP contribution < -0.4 is 5.32 Å². The van der Waals surface area contributed by atoms with Crippen LogP contribution in [-0.2, 0) is 28.7 Å². The van der Waals surface area contributed by atoms with E-state index in [1.165, 1.54) is 4.90 Å². The second kappa shape index (κ2) is 14.9. The fourth-order valence-corrected chi connectivity index (χ4v) is 8.93. The van der Waals surface area contributed by atoms with E-state index in [1.54, 1.807) is 24.0 Å². The minimum atomic E-state index is -1.29. The molecule has 0 aromatic heterocycles. The number of allylic oxidation sites excluding steroid dienone is 1. The molecule has 0 aliphatic carbocycles. The van der Waals surface area contributed by atoms with Crippen molar-refractivity contribution in [2.75, 3.05) is 19.7 Å². The van der Waals surface area contributed by atoms with Crippen LogP contribution in [0.5, 0.6) is 0 Å². The summed E-state index contributed by atoms with van der Waals surface area (Å²) in [6, 6.07) is -1.71. The smallest absolute Gasteiger partial charge is 0.312 e. The Hall–Kier alpha value is -2.24. The van der Waals surface area contributed by atoms with Crippen LogP contribution in [0.1, 0.15) is 87.5 Å². The highest BCUT2D eigenvalue weighted by molar-refractivity contribution is 9.09. The van der Waals surface area contributed by atoms with Crippen LogP contribution in [0.3, 0.4) is 0 Å². The Morgan fingerprint density at radius 3 is 2.41 bits per heavy atom. The third-order valence-electron chi connectivity index (χ3n) is 9.83. The predicted molar refractivity (Wildman–Crippen MR) is 181 cm³/mol. The first kappa shape index (κ1) is 38.2. The number of fused-ring (bicyclic) bond motifs is 1. The molecule has 3 rings (SSSR count). The lowest BCUT2D eigenvalue weighted by atomic mass is 9.70. The van der Waals surface area contributed by atoms with Crippen molar-refractivity contribution in [2.45, 2.75) is 128 Å². The quantitative estimate of drug-likeness (QED) is 0.138. The standard InChI is InChI=1S/C35H56BrN3O7/c1-11-14-15-25(41)37-18-22(5)45-32(44)26-27-30(42)39(24(19-40)21(4)13-3)29(35(27)17-23(36)28(26)46-35)31(43)38(16-12-2)34(9,10)20-33(6,7)8/h11-12,21-24,26-29,40H,1-2,13-20H2,3-10H3,(H,37,41)/t21-,22+,23?,24-,26-,27+,28-,29-,35+/m0/s1. The number of carbonyl (C=O) groups excluding carboxylic acids is 4. The third kappa shape index (κ3) is 7.57. The van der Waals surface area contributed by atoms with Crippen LogP contribution >= 0.6 is 15.9 Å². The number of halogens is 1. The van der Waals surface area contributed by atoms with Gasteiger partial charge in [-0.1, -0.05) is 69.1 Å². The molecule has 3 heterocycles. The van der Waals surface area contributed by atoms with E-state index in [2.05, 4.69) is 55.2 Å². The van der Waals surface area contributed by atoms with Gasteiger partial charge in [-0.05, 0) is 51.4 Å². The number of amides is 3. The van der Waals surface area contributed by atoms with Gasteiger partial charge < -0.3 is 29.7 Å². The summed E-state index contributed by atoms with van der Waals surface area (Å²) in [5.74, 6) is -3.48. The summed E-state index contributed by atoms with van der Waals surface area (Å²) >= 11 is 3.72. The number of hydrogen-bond donors (Lipinski definition) is 2. The van der Waals surface area contributed by atoms with Crippen LogP contribution in [-0.4, -0.2) is 98.6 Å². The van der Waals surface area contributed by atoms with E-state index in [-0.39, 0.29) is 60.0 Å². The van der Waals surface area contributed by atoms with E-state index in [0.29, 0.717) is 25.7 Å². The molecule has 0 aromatic rings. The molecule has 9 atom stereocenters. The van der Waals surface area contributed by atoms with Gasteiger partial charge in [0.05, 0.1) is 37.1 Å². The van der Waals surface area contributed by atoms with Crippen LogP contribution in [0.2, 0.25) is 0 Å². The zero-order valence-electron chi connectivity index (χ0n) is 29.0. The van der Waals surface area contributed by atoms with Gasteiger partial charge in [0.1, 0.15) is 17.7 Å². The summed E-state index contributed by atoms with van der Waals surface area (Å²) in [5, 5.41) is 13.4. The van der Waals surface area contributed by atoms with E-state index in [1.807, 2.05) is 27.7 Å². The number of nitrogens with one attached hydrogen (secondary N) is 1. The maximum atomic E-state index is 15.0. The molecule has 10 nitrogen and oxygen atoms in total. The van der Waals surface area contributed by atoms with Gasteiger partial charge in [-0.25, -0.2) is 0 Å². The molecule has 2 N–H and O–H groups in total. The topological polar surface area (TPSA) is 125 Å². The van der Waals surface area contributed by atoms with Gasteiger partial charge in [0, 0.05) is 23.3 Å². The zero-order valence-corrected chi connectivity index (χ0v) is 30.6. The highest BCUT2D eigenvalue weighted by Crippen LogP contribution is 2.61. The van der Waals surface area contributed by atoms with E-state index in [4.69, 9.17) is 9.47 Å². The maximum absolute atomic E-state index is 15.0. The van der Waals surface area contributed by atoms with Crippen molar-refractivity contribution in [3.63, 3.8) is 0 Å². The Kier molecular flexibility index (Phi) is 12.4. The van der Waals surface area contributed by atoms with Crippen molar-refractivity contribution in [1.82, 2.24) is 15.1 Å². The number of ether oxygens (including phenoxy) is 2. The monoisotopic (exact) mass is 709 g/mol. The van der Waals surface area contributed by atoms with Gasteiger partial charge in [0.15, 0.2) is 0 Å². The average molecular weight is 711 g/mol. The van der Waals surface area contributed by atoms with Crippen molar-refractivity contribution in [3.8, 4) is 0 Å².